The standard InChI is InChI=1S/C22H21NO4S3/c1-29-17-7-3-4-13(11-17)18-9-8-16(27-18)12-19-20(24)23(22(28)30-19)15-6-2-5-14(10-15)21(25)26/h3-4,7-9,11-12,14-15H,2,5-6,10H2,1H3,(H,25,26). The molecule has 1 saturated heterocycles. The Labute approximate surface area is 188 Å². The van der Waals surface area contributed by atoms with Crippen LogP contribution in [0.4, 0.5) is 0 Å². The van der Waals surface area contributed by atoms with Crippen molar-refractivity contribution in [1.82, 2.24) is 4.90 Å². The van der Waals surface area contributed by atoms with E-state index >= 15 is 0 Å². The molecule has 1 aromatic heterocycles. The maximum absolute atomic E-state index is 13.0. The van der Waals surface area contributed by atoms with E-state index in [2.05, 4.69) is 6.07 Å². The summed E-state index contributed by atoms with van der Waals surface area (Å²) in [6.07, 6.45) is 6.42. The summed E-state index contributed by atoms with van der Waals surface area (Å²) in [5.74, 6) is -0.0453. The number of carboxylic acid groups (broad SMARTS) is 1. The van der Waals surface area contributed by atoms with Crippen molar-refractivity contribution < 1.29 is 19.1 Å². The second-order valence-corrected chi connectivity index (χ2v) is 9.90. The molecule has 2 atom stereocenters. The summed E-state index contributed by atoms with van der Waals surface area (Å²) in [5, 5.41) is 9.34. The first-order chi connectivity index (χ1) is 14.5. The summed E-state index contributed by atoms with van der Waals surface area (Å²) in [6.45, 7) is 0. The number of nitrogens with zero attached hydrogens (tertiary/aromatic N) is 1. The van der Waals surface area contributed by atoms with Crippen LogP contribution in [0, 0.1) is 5.92 Å². The monoisotopic (exact) mass is 459 g/mol. The van der Waals surface area contributed by atoms with Gasteiger partial charge in [0, 0.05) is 22.6 Å². The number of thioether (sulfide) groups is 2. The first kappa shape index (κ1) is 21.2. The minimum atomic E-state index is -0.797. The van der Waals surface area contributed by atoms with Crippen molar-refractivity contribution in [2.24, 2.45) is 5.92 Å². The molecule has 1 N–H and O–H groups in total. The van der Waals surface area contributed by atoms with Gasteiger partial charge in [-0.05, 0) is 49.8 Å². The molecule has 1 saturated carbocycles. The van der Waals surface area contributed by atoms with Crippen molar-refractivity contribution in [3.63, 3.8) is 0 Å². The number of rotatable bonds is 5. The summed E-state index contributed by atoms with van der Waals surface area (Å²) in [4.78, 5) is 27.7. The predicted octanol–water partition coefficient (Wildman–Crippen LogP) is 5.51. The minimum absolute atomic E-state index is 0.153. The number of carbonyl (C=O) groups excluding carboxylic acids is 1. The first-order valence-corrected chi connectivity index (χ1v) is 12.2. The molecule has 2 unspecified atom stereocenters. The third kappa shape index (κ3) is 4.36. The van der Waals surface area contributed by atoms with E-state index in [1.807, 2.05) is 36.6 Å². The van der Waals surface area contributed by atoms with Crippen LogP contribution in [0.15, 0.2) is 50.6 Å². The molecule has 0 radical (unpaired) electrons. The van der Waals surface area contributed by atoms with Crippen LogP contribution in [-0.4, -0.2) is 38.5 Å². The highest BCUT2D eigenvalue weighted by atomic mass is 32.2. The fourth-order valence-corrected chi connectivity index (χ4v) is 5.75. The zero-order valence-electron chi connectivity index (χ0n) is 16.4. The van der Waals surface area contributed by atoms with E-state index in [0.29, 0.717) is 27.8 Å². The van der Waals surface area contributed by atoms with E-state index < -0.39 is 11.9 Å². The van der Waals surface area contributed by atoms with Gasteiger partial charge in [-0.1, -0.05) is 42.5 Å². The van der Waals surface area contributed by atoms with Crippen LogP contribution in [0.2, 0.25) is 0 Å². The van der Waals surface area contributed by atoms with Gasteiger partial charge in [0.25, 0.3) is 5.91 Å². The number of furan rings is 1. The number of benzene rings is 1. The van der Waals surface area contributed by atoms with Crippen molar-refractivity contribution in [3.8, 4) is 11.3 Å². The highest BCUT2D eigenvalue weighted by Gasteiger charge is 2.40. The van der Waals surface area contributed by atoms with Gasteiger partial charge >= 0.3 is 5.97 Å². The zero-order chi connectivity index (χ0) is 21.3. The summed E-state index contributed by atoms with van der Waals surface area (Å²) in [6, 6.07) is 11.7. The SMILES string of the molecule is CSc1cccc(-c2ccc(C=C3SC(=S)N(C4CCCC(C(=O)O)C4)C3=O)o2)c1. The van der Waals surface area contributed by atoms with Crippen LogP contribution in [0.3, 0.4) is 0 Å². The van der Waals surface area contributed by atoms with Gasteiger partial charge in [0.15, 0.2) is 0 Å². The van der Waals surface area contributed by atoms with E-state index in [0.717, 1.165) is 29.1 Å². The van der Waals surface area contributed by atoms with Gasteiger partial charge in [-0.2, -0.15) is 0 Å². The molecule has 0 bridgehead atoms. The molecular formula is C22H21NO4S3. The van der Waals surface area contributed by atoms with Gasteiger partial charge in [-0.25, -0.2) is 0 Å². The third-order valence-corrected chi connectivity index (χ3v) is 7.49. The second-order valence-electron chi connectivity index (χ2n) is 7.34. The first-order valence-electron chi connectivity index (χ1n) is 9.70. The van der Waals surface area contributed by atoms with Crippen LogP contribution >= 0.6 is 35.7 Å². The van der Waals surface area contributed by atoms with Crippen LogP contribution < -0.4 is 0 Å². The van der Waals surface area contributed by atoms with Crippen LogP contribution in [0.25, 0.3) is 17.4 Å². The molecular weight excluding hydrogens is 438 g/mol. The predicted molar refractivity (Wildman–Crippen MR) is 124 cm³/mol. The van der Waals surface area contributed by atoms with E-state index in [1.165, 1.54) is 11.8 Å². The smallest absolute Gasteiger partial charge is 0.306 e. The van der Waals surface area contributed by atoms with Crippen molar-refractivity contribution >= 4 is 58.0 Å². The lowest BCUT2D eigenvalue weighted by Crippen LogP contribution is -2.42. The zero-order valence-corrected chi connectivity index (χ0v) is 18.8. The molecule has 1 amide bonds. The average molecular weight is 460 g/mol. The molecule has 2 aromatic rings. The highest BCUT2D eigenvalue weighted by Crippen LogP contribution is 2.39. The molecule has 2 aliphatic rings. The molecule has 156 valence electrons. The van der Waals surface area contributed by atoms with Gasteiger partial charge in [-0.3, -0.25) is 14.5 Å². The number of aliphatic carboxylic acids is 1. The van der Waals surface area contributed by atoms with Gasteiger partial charge in [0.1, 0.15) is 15.8 Å². The van der Waals surface area contributed by atoms with Crippen molar-refractivity contribution in [2.75, 3.05) is 6.26 Å². The van der Waals surface area contributed by atoms with Gasteiger partial charge < -0.3 is 9.52 Å². The van der Waals surface area contributed by atoms with Gasteiger partial charge in [0.05, 0.1) is 10.8 Å². The van der Waals surface area contributed by atoms with Gasteiger partial charge in [-0.15, -0.1) is 11.8 Å². The maximum atomic E-state index is 13.0. The normalized spacial score (nSPS) is 23.4. The lowest BCUT2D eigenvalue weighted by molar-refractivity contribution is -0.144. The number of hydrogen-bond donors (Lipinski definition) is 1. The number of carboxylic acids is 1. The van der Waals surface area contributed by atoms with Crippen LogP contribution in [0.5, 0.6) is 0 Å². The van der Waals surface area contributed by atoms with E-state index in [1.54, 1.807) is 22.7 Å². The Balaban J connectivity index is 1.52. The highest BCUT2D eigenvalue weighted by molar-refractivity contribution is 8.26. The molecule has 2 heterocycles. The average Bonchev–Trinajstić information content (AvgIpc) is 3.32. The Hall–Kier alpha value is -2.03. The van der Waals surface area contributed by atoms with E-state index in [4.69, 9.17) is 16.6 Å². The third-order valence-electron chi connectivity index (χ3n) is 5.44. The Morgan fingerprint density at radius 3 is 2.93 bits per heavy atom. The lowest BCUT2D eigenvalue weighted by atomic mass is 9.85. The van der Waals surface area contributed by atoms with E-state index in [9.17, 15) is 14.7 Å². The second kappa shape index (κ2) is 8.99. The summed E-state index contributed by atoms with van der Waals surface area (Å²) < 4.78 is 6.44. The number of carbonyl (C=O) groups is 2. The molecule has 8 heteroatoms. The lowest BCUT2D eigenvalue weighted by Gasteiger charge is -2.32. The fourth-order valence-electron chi connectivity index (χ4n) is 3.91. The number of hydrogen-bond acceptors (Lipinski definition) is 6. The Kier molecular flexibility index (Phi) is 6.36. The Morgan fingerprint density at radius 2 is 2.17 bits per heavy atom. The van der Waals surface area contributed by atoms with Crippen LogP contribution in [-0.2, 0) is 9.59 Å². The summed E-state index contributed by atoms with van der Waals surface area (Å²) >= 11 is 8.37. The maximum Gasteiger partial charge on any atom is 0.306 e. The number of amides is 1. The summed E-state index contributed by atoms with van der Waals surface area (Å²) in [7, 11) is 0. The summed E-state index contributed by atoms with van der Waals surface area (Å²) in [5.41, 5.74) is 0.982. The van der Waals surface area contributed by atoms with Crippen LogP contribution in [0.1, 0.15) is 31.4 Å². The van der Waals surface area contributed by atoms with Crippen molar-refractivity contribution in [2.45, 2.75) is 36.6 Å². The Morgan fingerprint density at radius 1 is 1.33 bits per heavy atom. The molecule has 1 aromatic carbocycles. The fraction of sp³-hybridized carbons (Fsp3) is 0.318. The quantitative estimate of drug-likeness (QED) is 0.359. The molecule has 2 fully saturated rings. The molecule has 1 aliphatic carbocycles. The van der Waals surface area contributed by atoms with Crippen molar-refractivity contribution in [1.29, 1.82) is 0 Å². The molecule has 30 heavy (non-hydrogen) atoms. The molecule has 0 spiro atoms. The minimum Gasteiger partial charge on any atom is -0.481 e. The molecule has 4 rings (SSSR count). The van der Waals surface area contributed by atoms with Crippen molar-refractivity contribution in [3.05, 3.63) is 47.1 Å². The van der Waals surface area contributed by atoms with Gasteiger partial charge in [0.2, 0.25) is 0 Å². The Bertz CT molecular complexity index is 1030. The number of thiocarbonyl (C=S) groups is 1. The largest absolute Gasteiger partial charge is 0.481 e. The molecule has 5 nitrogen and oxygen atoms in total. The topological polar surface area (TPSA) is 70.8 Å². The van der Waals surface area contributed by atoms with E-state index in [-0.39, 0.29) is 11.9 Å². The molecule has 1 aliphatic heterocycles.